The molecule has 2 aliphatic rings. The van der Waals surface area contributed by atoms with Crippen molar-refractivity contribution in [3.05, 3.63) is 0 Å². The van der Waals surface area contributed by atoms with Gasteiger partial charge in [-0.25, -0.2) is 0 Å². The van der Waals surface area contributed by atoms with E-state index in [9.17, 15) is 13.2 Å². The van der Waals surface area contributed by atoms with Crippen molar-refractivity contribution < 1.29 is 26.9 Å². The third-order valence-corrected chi connectivity index (χ3v) is 7.89. The monoisotopic (exact) mass is 432 g/mol. The number of hydrogen-bond donors (Lipinski definition) is 0. The van der Waals surface area contributed by atoms with Gasteiger partial charge in [0, 0.05) is 12.3 Å². The highest BCUT2D eigenvalue weighted by molar-refractivity contribution is 7.86. The molecular formula is C22H40O6S. The van der Waals surface area contributed by atoms with Gasteiger partial charge in [-0.15, -0.1) is 0 Å². The molecule has 0 N–H and O–H groups in total. The van der Waals surface area contributed by atoms with Crippen LogP contribution in [0.5, 0.6) is 0 Å². The van der Waals surface area contributed by atoms with Gasteiger partial charge in [-0.05, 0) is 51.4 Å². The van der Waals surface area contributed by atoms with Crippen molar-refractivity contribution in [1.82, 2.24) is 0 Å². The van der Waals surface area contributed by atoms with E-state index in [0.29, 0.717) is 12.8 Å². The van der Waals surface area contributed by atoms with Crippen LogP contribution in [-0.2, 0) is 28.6 Å². The fraction of sp³-hybridized carbons (Fsp3) is 0.955. The Balaban J connectivity index is 2.23. The molecule has 0 amide bonds. The van der Waals surface area contributed by atoms with Crippen LogP contribution in [0.4, 0.5) is 0 Å². The molecule has 2 fully saturated rings. The third kappa shape index (κ3) is 5.05. The lowest BCUT2D eigenvalue weighted by Gasteiger charge is -2.39. The van der Waals surface area contributed by atoms with Crippen LogP contribution in [-0.4, -0.2) is 50.0 Å². The van der Waals surface area contributed by atoms with Crippen LogP contribution in [0.2, 0.25) is 0 Å². The minimum atomic E-state index is -3.56. The number of rotatable bonds is 10. The fourth-order valence-electron chi connectivity index (χ4n) is 5.49. The molecule has 0 aromatic heterocycles. The molecule has 7 atom stereocenters. The Labute approximate surface area is 177 Å². The number of hydrogen-bond acceptors (Lipinski definition) is 6. The van der Waals surface area contributed by atoms with E-state index in [1.54, 1.807) is 6.92 Å². The van der Waals surface area contributed by atoms with Gasteiger partial charge < -0.3 is 9.47 Å². The van der Waals surface area contributed by atoms with Gasteiger partial charge in [0.05, 0.1) is 29.7 Å². The van der Waals surface area contributed by atoms with E-state index >= 15 is 0 Å². The molecule has 0 aliphatic carbocycles. The molecule has 2 heterocycles. The van der Waals surface area contributed by atoms with E-state index in [4.69, 9.17) is 13.7 Å². The normalized spacial score (nSPS) is 37.6. The first kappa shape index (κ1) is 24.8. The Morgan fingerprint density at radius 3 is 2.31 bits per heavy atom. The molecule has 0 aromatic carbocycles. The van der Waals surface area contributed by atoms with Gasteiger partial charge in [0.15, 0.2) is 0 Å². The van der Waals surface area contributed by atoms with Gasteiger partial charge >= 0.3 is 0 Å². The third-order valence-electron chi connectivity index (χ3n) is 7.25. The van der Waals surface area contributed by atoms with Gasteiger partial charge in [-0.1, -0.05) is 34.6 Å². The maximum Gasteiger partial charge on any atom is 0.264 e. The second-order valence-corrected chi connectivity index (χ2v) is 10.6. The average Bonchev–Trinajstić information content (AvgIpc) is 3.24. The maximum absolute atomic E-state index is 12.5. The van der Waals surface area contributed by atoms with Crippen molar-refractivity contribution in [1.29, 1.82) is 0 Å². The standard InChI is InChI=1S/C22H40O6S/c1-8-17(18(23)9-2)20-15(5)14-22(11-4,27-20)19-12-13-21(10-3,26-19)16(6)28-29(7,24)25/h15-17,19-20H,8-14H2,1-7H3/t15-,16+,17-,19+,20-,21-,22-/m0/s1. The molecule has 7 heteroatoms. The quantitative estimate of drug-likeness (QED) is 0.480. The fourth-order valence-corrected chi connectivity index (χ4v) is 6.19. The van der Waals surface area contributed by atoms with Gasteiger partial charge in [0.1, 0.15) is 11.9 Å². The van der Waals surface area contributed by atoms with E-state index in [1.807, 2.05) is 13.8 Å². The van der Waals surface area contributed by atoms with Crippen LogP contribution < -0.4 is 0 Å². The first-order valence-electron chi connectivity index (χ1n) is 11.2. The average molecular weight is 433 g/mol. The summed E-state index contributed by atoms with van der Waals surface area (Å²) in [6.07, 6.45) is 5.49. The number of Topliss-reactive ketones (excluding diaryl/α,β-unsaturated/α-hetero) is 1. The summed E-state index contributed by atoms with van der Waals surface area (Å²) in [7, 11) is -3.56. The zero-order valence-corrected chi connectivity index (χ0v) is 20.0. The minimum Gasteiger partial charge on any atom is -0.368 e. The molecule has 29 heavy (non-hydrogen) atoms. The lowest BCUT2D eigenvalue weighted by molar-refractivity contribution is -0.184. The molecule has 6 nitrogen and oxygen atoms in total. The molecule has 0 unspecified atom stereocenters. The van der Waals surface area contributed by atoms with Crippen molar-refractivity contribution in [3.8, 4) is 0 Å². The predicted molar refractivity (Wildman–Crippen MR) is 113 cm³/mol. The van der Waals surface area contributed by atoms with Crippen molar-refractivity contribution in [2.24, 2.45) is 11.8 Å². The second kappa shape index (κ2) is 9.33. The molecule has 0 radical (unpaired) electrons. The number of carbonyl (C=O) groups excluding carboxylic acids is 1. The number of carbonyl (C=O) groups is 1. The van der Waals surface area contributed by atoms with Crippen molar-refractivity contribution in [3.63, 3.8) is 0 Å². The highest BCUT2D eigenvalue weighted by Crippen LogP contribution is 2.50. The second-order valence-electron chi connectivity index (χ2n) is 9.02. The Morgan fingerprint density at radius 2 is 1.83 bits per heavy atom. The van der Waals surface area contributed by atoms with Crippen molar-refractivity contribution in [2.45, 2.75) is 116 Å². The SMILES string of the molecule is CCC(=O)[C@H](CC)[C@H]1O[C@](CC)([C@H]2CC[C@@](CC)([C@@H](C)OS(C)(=O)=O)O2)C[C@@H]1C. The molecular weight excluding hydrogens is 392 g/mol. The van der Waals surface area contributed by atoms with E-state index in [1.165, 1.54) is 0 Å². The molecule has 170 valence electrons. The van der Waals surface area contributed by atoms with Crippen LogP contribution >= 0.6 is 0 Å². The Morgan fingerprint density at radius 1 is 1.17 bits per heavy atom. The van der Waals surface area contributed by atoms with Crippen molar-refractivity contribution >= 4 is 15.9 Å². The highest BCUT2D eigenvalue weighted by Gasteiger charge is 2.57. The Bertz CT molecular complexity index is 677. The smallest absolute Gasteiger partial charge is 0.264 e. The van der Waals surface area contributed by atoms with Crippen LogP contribution in [0.1, 0.15) is 86.5 Å². The van der Waals surface area contributed by atoms with E-state index in [2.05, 4.69) is 20.8 Å². The van der Waals surface area contributed by atoms with Crippen LogP contribution in [0.15, 0.2) is 0 Å². The summed E-state index contributed by atoms with van der Waals surface area (Å²) in [6.45, 7) is 12.0. The Hall–Kier alpha value is -0.500. The van der Waals surface area contributed by atoms with Gasteiger partial charge in [0.25, 0.3) is 10.1 Å². The molecule has 2 saturated heterocycles. The number of ether oxygens (including phenoxy) is 2. The van der Waals surface area contributed by atoms with E-state index in [0.717, 1.165) is 38.4 Å². The molecule has 2 aliphatic heterocycles. The van der Waals surface area contributed by atoms with Gasteiger partial charge in [-0.2, -0.15) is 8.42 Å². The molecule has 0 aromatic rings. The Kier molecular flexibility index (Phi) is 7.97. The molecule has 0 saturated carbocycles. The summed E-state index contributed by atoms with van der Waals surface area (Å²) in [6, 6.07) is 0. The van der Waals surface area contributed by atoms with E-state index in [-0.39, 0.29) is 29.8 Å². The van der Waals surface area contributed by atoms with Crippen LogP contribution in [0.25, 0.3) is 0 Å². The minimum absolute atomic E-state index is 0.0757. The van der Waals surface area contributed by atoms with Gasteiger partial charge in [-0.3, -0.25) is 8.98 Å². The summed E-state index contributed by atoms with van der Waals surface area (Å²) in [5.74, 6) is 0.468. The summed E-state index contributed by atoms with van der Waals surface area (Å²) in [5.41, 5.74) is -1.07. The lowest BCUT2D eigenvalue weighted by atomic mass is 9.81. The van der Waals surface area contributed by atoms with Gasteiger partial charge in [0.2, 0.25) is 0 Å². The van der Waals surface area contributed by atoms with Crippen LogP contribution in [0.3, 0.4) is 0 Å². The lowest BCUT2D eigenvalue weighted by Crippen LogP contribution is -2.48. The number of ketones is 1. The van der Waals surface area contributed by atoms with E-state index < -0.39 is 27.4 Å². The molecule has 0 spiro atoms. The topological polar surface area (TPSA) is 78.9 Å². The highest BCUT2D eigenvalue weighted by atomic mass is 32.2. The molecule has 2 rings (SSSR count). The first-order valence-corrected chi connectivity index (χ1v) is 13.1. The molecule has 0 bridgehead atoms. The zero-order chi connectivity index (χ0) is 22.0. The summed E-state index contributed by atoms with van der Waals surface area (Å²) < 4.78 is 41.9. The zero-order valence-electron chi connectivity index (χ0n) is 19.2. The summed E-state index contributed by atoms with van der Waals surface area (Å²) in [5, 5.41) is 0. The summed E-state index contributed by atoms with van der Waals surface area (Å²) in [4.78, 5) is 12.5. The predicted octanol–water partition coefficient (Wildman–Crippen LogP) is 4.26. The van der Waals surface area contributed by atoms with Crippen molar-refractivity contribution in [2.75, 3.05) is 6.26 Å². The first-order chi connectivity index (χ1) is 13.5. The van der Waals surface area contributed by atoms with Crippen LogP contribution in [0, 0.1) is 11.8 Å². The maximum atomic E-state index is 12.5. The largest absolute Gasteiger partial charge is 0.368 e. The summed E-state index contributed by atoms with van der Waals surface area (Å²) >= 11 is 0.